The van der Waals surface area contributed by atoms with Crippen molar-refractivity contribution in [3.05, 3.63) is 41.0 Å². The highest BCUT2D eigenvalue weighted by molar-refractivity contribution is 6.30. The quantitative estimate of drug-likeness (QED) is 0.632. The first-order chi connectivity index (χ1) is 11.5. The van der Waals surface area contributed by atoms with Crippen LogP contribution in [0.25, 0.3) is 10.9 Å². The Morgan fingerprint density at radius 1 is 1.38 bits per heavy atom. The highest BCUT2D eigenvalue weighted by Crippen LogP contribution is 2.22. The van der Waals surface area contributed by atoms with Gasteiger partial charge in [-0.15, -0.1) is 0 Å². The number of benzene rings is 1. The van der Waals surface area contributed by atoms with Gasteiger partial charge in [-0.25, -0.2) is 9.78 Å². The summed E-state index contributed by atoms with van der Waals surface area (Å²) in [5, 5.41) is 0.878. The molecular formula is C18H19ClN2O3. The number of halogens is 1. The minimum Gasteiger partial charge on any atom is -0.452 e. The highest BCUT2D eigenvalue weighted by Gasteiger charge is 2.22. The van der Waals surface area contributed by atoms with E-state index in [1.54, 1.807) is 17.0 Å². The van der Waals surface area contributed by atoms with Crippen molar-refractivity contribution in [2.45, 2.75) is 19.8 Å². The zero-order valence-electron chi connectivity index (χ0n) is 13.5. The lowest BCUT2D eigenvalue weighted by molar-refractivity contribution is -0.136. The van der Waals surface area contributed by atoms with E-state index in [1.807, 2.05) is 12.1 Å². The molecule has 0 unspecified atom stereocenters. The fourth-order valence-corrected chi connectivity index (χ4v) is 3.22. The van der Waals surface area contributed by atoms with E-state index >= 15 is 0 Å². The maximum atomic E-state index is 12.4. The van der Waals surface area contributed by atoms with Crippen molar-refractivity contribution in [1.82, 2.24) is 9.88 Å². The minimum atomic E-state index is -0.561. The van der Waals surface area contributed by atoms with Gasteiger partial charge in [0, 0.05) is 18.5 Å². The van der Waals surface area contributed by atoms with Crippen molar-refractivity contribution in [3.63, 3.8) is 0 Å². The molecule has 2 heterocycles. The monoisotopic (exact) mass is 346 g/mol. The summed E-state index contributed by atoms with van der Waals surface area (Å²) in [6.45, 7) is 3.32. The number of pyridine rings is 1. The molecule has 6 heteroatoms. The number of aromatic nitrogens is 1. The Bertz CT molecular complexity index is 778. The van der Waals surface area contributed by atoms with Crippen LogP contribution in [0.5, 0.6) is 0 Å². The lowest BCUT2D eigenvalue weighted by Gasteiger charge is -2.30. The fourth-order valence-electron chi connectivity index (χ4n) is 3.02. The number of rotatable bonds is 3. The Balaban J connectivity index is 1.70. The van der Waals surface area contributed by atoms with Crippen molar-refractivity contribution in [3.8, 4) is 0 Å². The summed E-state index contributed by atoms with van der Waals surface area (Å²) in [5.74, 6) is -0.227. The van der Waals surface area contributed by atoms with Gasteiger partial charge in [-0.2, -0.15) is 0 Å². The molecule has 24 heavy (non-hydrogen) atoms. The molecule has 0 saturated carbocycles. The van der Waals surface area contributed by atoms with Gasteiger partial charge in [0.05, 0.1) is 11.1 Å². The van der Waals surface area contributed by atoms with E-state index in [2.05, 4.69) is 11.9 Å². The molecule has 0 radical (unpaired) electrons. The molecule has 3 rings (SSSR count). The van der Waals surface area contributed by atoms with Gasteiger partial charge in [0.1, 0.15) is 5.15 Å². The smallest absolute Gasteiger partial charge is 0.339 e. The predicted molar refractivity (Wildman–Crippen MR) is 92.0 cm³/mol. The van der Waals surface area contributed by atoms with Crippen LogP contribution in [0.4, 0.5) is 0 Å². The standard InChI is InChI=1S/C18H19ClN2O3/c1-12-5-4-8-21(10-12)17(22)11-24-18(23)14-9-16(19)20-15-7-3-2-6-13(14)15/h2-3,6-7,9,12H,4-5,8,10-11H2,1H3/t12-/m1/s1. The SMILES string of the molecule is C[C@@H]1CCCN(C(=O)COC(=O)c2cc(Cl)nc3ccccc23)C1. The Morgan fingerprint density at radius 3 is 2.96 bits per heavy atom. The summed E-state index contributed by atoms with van der Waals surface area (Å²) in [4.78, 5) is 30.5. The van der Waals surface area contributed by atoms with Gasteiger partial charge in [-0.1, -0.05) is 36.7 Å². The van der Waals surface area contributed by atoms with Crippen molar-refractivity contribution >= 4 is 34.4 Å². The summed E-state index contributed by atoms with van der Waals surface area (Å²) in [5.41, 5.74) is 0.943. The highest BCUT2D eigenvalue weighted by atomic mass is 35.5. The van der Waals surface area contributed by atoms with E-state index in [-0.39, 0.29) is 17.7 Å². The van der Waals surface area contributed by atoms with E-state index in [4.69, 9.17) is 16.3 Å². The number of piperidine rings is 1. The summed E-state index contributed by atoms with van der Waals surface area (Å²) in [7, 11) is 0. The molecule has 0 aliphatic carbocycles. The third-order valence-electron chi connectivity index (χ3n) is 4.24. The number of hydrogen-bond acceptors (Lipinski definition) is 4. The summed E-state index contributed by atoms with van der Waals surface area (Å²) in [6.07, 6.45) is 2.12. The van der Waals surface area contributed by atoms with Gasteiger partial charge in [0.15, 0.2) is 6.61 Å². The molecule has 5 nitrogen and oxygen atoms in total. The van der Waals surface area contributed by atoms with Gasteiger partial charge < -0.3 is 9.64 Å². The fraction of sp³-hybridized carbons (Fsp3) is 0.389. The van der Waals surface area contributed by atoms with Crippen LogP contribution in [-0.4, -0.2) is 41.5 Å². The van der Waals surface area contributed by atoms with Crippen molar-refractivity contribution in [2.24, 2.45) is 5.92 Å². The van der Waals surface area contributed by atoms with Crippen LogP contribution in [0.3, 0.4) is 0 Å². The number of para-hydroxylation sites is 1. The Kier molecular flexibility index (Phi) is 5.00. The molecule has 0 N–H and O–H groups in total. The second kappa shape index (κ2) is 7.18. The number of hydrogen-bond donors (Lipinski definition) is 0. The molecule has 1 atom stereocenters. The van der Waals surface area contributed by atoms with Crippen LogP contribution in [0.1, 0.15) is 30.1 Å². The molecular weight excluding hydrogens is 328 g/mol. The zero-order valence-corrected chi connectivity index (χ0v) is 14.3. The van der Waals surface area contributed by atoms with Crippen LogP contribution < -0.4 is 0 Å². The van der Waals surface area contributed by atoms with Crippen molar-refractivity contribution in [1.29, 1.82) is 0 Å². The summed E-state index contributed by atoms with van der Waals surface area (Å²) < 4.78 is 5.22. The predicted octanol–water partition coefficient (Wildman–Crippen LogP) is 3.30. The van der Waals surface area contributed by atoms with E-state index in [1.165, 1.54) is 6.07 Å². The van der Waals surface area contributed by atoms with E-state index in [9.17, 15) is 9.59 Å². The lowest BCUT2D eigenvalue weighted by Crippen LogP contribution is -2.41. The number of carbonyl (C=O) groups is 2. The number of nitrogens with zero attached hydrogens (tertiary/aromatic N) is 2. The van der Waals surface area contributed by atoms with Crippen molar-refractivity contribution in [2.75, 3.05) is 19.7 Å². The Labute approximate surface area is 145 Å². The number of amides is 1. The van der Waals surface area contributed by atoms with Crippen LogP contribution in [0, 0.1) is 5.92 Å². The van der Waals surface area contributed by atoms with E-state index in [0.717, 1.165) is 25.9 Å². The number of fused-ring (bicyclic) bond motifs is 1. The molecule has 1 fully saturated rings. The number of carbonyl (C=O) groups excluding carboxylic acids is 2. The second-order valence-corrected chi connectivity index (χ2v) is 6.56. The average molecular weight is 347 g/mol. The molecule has 1 saturated heterocycles. The maximum Gasteiger partial charge on any atom is 0.339 e. The first-order valence-corrected chi connectivity index (χ1v) is 8.42. The lowest BCUT2D eigenvalue weighted by atomic mass is 10.0. The first-order valence-electron chi connectivity index (χ1n) is 8.05. The molecule has 1 aromatic carbocycles. The Morgan fingerprint density at radius 2 is 2.17 bits per heavy atom. The number of ether oxygens (including phenoxy) is 1. The molecule has 2 aromatic rings. The van der Waals surface area contributed by atoms with E-state index < -0.39 is 5.97 Å². The van der Waals surface area contributed by atoms with Gasteiger partial charge in [-0.3, -0.25) is 4.79 Å². The largest absolute Gasteiger partial charge is 0.452 e. The van der Waals surface area contributed by atoms with Crippen LogP contribution >= 0.6 is 11.6 Å². The zero-order chi connectivity index (χ0) is 17.1. The van der Waals surface area contributed by atoms with Crippen molar-refractivity contribution < 1.29 is 14.3 Å². The van der Waals surface area contributed by atoms with E-state index in [0.29, 0.717) is 22.4 Å². The van der Waals surface area contributed by atoms with Crippen LogP contribution in [0.15, 0.2) is 30.3 Å². The molecule has 1 aromatic heterocycles. The van der Waals surface area contributed by atoms with Crippen LogP contribution in [0.2, 0.25) is 5.15 Å². The average Bonchev–Trinajstić information content (AvgIpc) is 2.58. The summed E-state index contributed by atoms with van der Waals surface area (Å²) >= 11 is 5.97. The third-order valence-corrected chi connectivity index (χ3v) is 4.43. The molecule has 1 amide bonds. The number of likely N-dealkylation sites (tertiary alicyclic amines) is 1. The molecule has 126 valence electrons. The first kappa shape index (κ1) is 16.7. The topological polar surface area (TPSA) is 59.5 Å². The molecule has 0 spiro atoms. The maximum absolute atomic E-state index is 12.4. The summed E-state index contributed by atoms with van der Waals surface area (Å²) in [6, 6.07) is 8.66. The third kappa shape index (κ3) is 3.67. The van der Waals surface area contributed by atoms with Gasteiger partial charge >= 0.3 is 5.97 Å². The minimum absolute atomic E-state index is 0.153. The van der Waals surface area contributed by atoms with Gasteiger partial charge in [0.25, 0.3) is 5.91 Å². The second-order valence-electron chi connectivity index (χ2n) is 6.17. The van der Waals surface area contributed by atoms with Crippen LogP contribution in [-0.2, 0) is 9.53 Å². The Hall–Kier alpha value is -2.14. The van der Waals surface area contributed by atoms with Gasteiger partial charge in [0.2, 0.25) is 0 Å². The number of esters is 1. The van der Waals surface area contributed by atoms with Gasteiger partial charge in [-0.05, 0) is 30.9 Å². The molecule has 1 aliphatic heterocycles. The molecule has 0 bridgehead atoms. The molecule has 1 aliphatic rings. The normalized spacial score (nSPS) is 17.8.